The van der Waals surface area contributed by atoms with Gasteiger partial charge in [0.2, 0.25) is 0 Å². The van der Waals surface area contributed by atoms with Gasteiger partial charge in [0.25, 0.3) is 17.4 Å². The average Bonchev–Trinajstić information content (AvgIpc) is 3.24. The van der Waals surface area contributed by atoms with Crippen LogP contribution < -0.4 is 10.9 Å². The Bertz CT molecular complexity index is 1110. The topological polar surface area (TPSA) is 134 Å². The normalized spacial score (nSPS) is 11.2. The molecule has 0 aliphatic heterocycles. The Kier molecular flexibility index (Phi) is 3.27. The third kappa shape index (κ3) is 2.31. The number of rotatable bonds is 3. The molecule has 10 nitrogen and oxygen atoms in total. The van der Waals surface area contributed by atoms with Crippen molar-refractivity contribution in [3.05, 3.63) is 40.3 Å². The maximum atomic E-state index is 12.6. The van der Waals surface area contributed by atoms with E-state index < -0.39 is 5.91 Å². The van der Waals surface area contributed by atoms with E-state index in [2.05, 4.69) is 36.0 Å². The van der Waals surface area contributed by atoms with Crippen LogP contribution in [0.5, 0.6) is 0 Å². The number of aromatic amines is 2. The van der Waals surface area contributed by atoms with Crippen LogP contribution in [0.1, 0.15) is 10.5 Å². The summed E-state index contributed by atoms with van der Waals surface area (Å²) in [5.74, 6) is -0.469. The summed E-state index contributed by atoms with van der Waals surface area (Å²) in [6.45, 7) is 0. The van der Waals surface area contributed by atoms with Gasteiger partial charge in [0.1, 0.15) is 5.69 Å². The molecule has 0 saturated carbocycles. The number of carbonyl (C=O) groups is 1. The molecule has 3 N–H and O–H groups in total. The lowest BCUT2D eigenvalue weighted by molar-refractivity contribution is 0.102. The van der Waals surface area contributed by atoms with Gasteiger partial charge in [-0.3, -0.25) is 20.0 Å². The SMILES string of the molecule is CSc1ccc2nc3cc(C(=O)Nc4nn[nH]n4)[nH]n3c(=O)c2c1. The van der Waals surface area contributed by atoms with Crippen LogP contribution in [0.4, 0.5) is 5.95 Å². The van der Waals surface area contributed by atoms with E-state index in [1.165, 1.54) is 22.3 Å². The smallest absolute Gasteiger partial charge is 0.280 e. The Morgan fingerprint density at radius 2 is 2.21 bits per heavy atom. The second-order valence-electron chi connectivity index (χ2n) is 4.85. The number of nitrogens with zero attached hydrogens (tertiary/aromatic N) is 5. The van der Waals surface area contributed by atoms with Crippen molar-refractivity contribution in [2.24, 2.45) is 0 Å². The Morgan fingerprint density at radius 3 is 2.96 bits per heavy atom. The van der Waals surface area contributed by atoms with E-state index in [4.69, 9.17) is 0 Å². The molecule has 0 atom stereocenters. The van der Waals surface area contributed by atoms with Crippen LogP contribution in [-0.4, -0.2) is 47.4 Å². The molecular formula is C13H10N8O2S. The number of H-pyrrole nitrogens is 2. The molecular weight excluding hydrogens is 332 g/mol. The van der Waals surface area contributed by atoms with E-state index in [1.54, 1.807) is 12.1 Å². The molecule has 0 aliphatic rings. The maximum Gasteiger partial charge on any atom is 0.280 e. The monoisotopic (exact) mass is 342 g/mol. The number of anilines is 1. The lowest BCUT2D eigenvalue weighted by atomic mass is 10.2. The zero-order valence-corrected chi connectivity index (χ0v) is 13.1. The Balaban J connectivity index is 1.82. The molecule has 0 spiro atoms. The van der Waals surface area contributed by atoms with Gasteiger partial charge >= 0.3 is 0 Å². The lowest BCUT2D eigenvalue weighted by Crippen LogP contribution is -2.17. The summed E-state index contributed by atoms with van der Waals surface area (Å²) in [4.78, 5) is 30.2. The summed E-state index contributed by atoms with van der Waals surface area (Å²) in [6, 6.07) is 6.95. The van der Waals surface area contributed by atoms with E-state index in [0.29, 0.717) is 16.6 Å². The van der Waals surface area contributed by atoms with Crippen molar-refractivity contribution in [2.45, 2.75) is 4.90 Å². The molecule has 11 heteroatoms. The predicted molar refractivity (Wildman–Crippen MR) is 87.2 cm³/mol. The quantitative estimate of drug-likeness (QED) is 0.466. The number of hydrogen-bond donors (Lipinski definition) is 3. The fourth-order valence-electron chi connectivity index (χ4n) is 2.30. The number of benzene rings is 1. The summed E-state index contributed by atoms with van der Waals surface area (Å²) < 4.78 is 1.23. The average molecular weight is 342 g/mol. The molecule has 120 valence electrons. The fraction of sp³-hybridized carbons (Fsp3) is 0.0769. The summed E-state index contributed by atoms with van der Waals surface area (Å²) >= 11 is 1.54. The van der Waals surface area contributed by atoms with Gasteiger partial charge in [-0.15, -0.1) is 16.9 Å². The van der Waals surface area contributed by atoms with Gasteiger partial charge in [0, 0.05) is 11.0 Å². The molecule has 1 aromatic carbocycles. The number of fused-ring (bicyclic) bond motifs is 2. The van der Waals surface area contributed by atoms with Crippen molar-refractivity contribution in [1.82, 2.24) is 35.2 Å². The summed E-state index contributed by atoms with van der Waals surface area (Å²) in [5, 5.41) is 18.5. The van der Waals surface area contributed by atoms with E-state index in [9.17, 15) is 9.59 Å². The Morgan fingerprint density at radius 1 is 1.33 bits per heavy atom. The minimum absolute atomic E-state index is 0.0359. The molecule has 0 radical (unpaired) electrons. The highest BCUT2D eigenvalue weighted by Crippen LogP contribution is 2.19. The maximum absolute atomic E-state index is 12.6. The number of amides is 1. The van der Waals surface area contributed by atoms with Gasteiger partial charge in [0.15, 0.2) is 5.65 Å². The fourth-order valence-corrected chi connectivity index (χ4v) is 2.74. The summed E-state index contributed by atoms with van der Waals surface area (Å²) in [5.41, 5.74) is 0.805. The third-order valence-corrected chi connectivity index (χ3v) is 4.15. The van der Waals surface area contributed by atoms with Gasteiger partial charge < -0.3 is 0 Å². The lowest BCUT2D eigenvalue weighted by Gasteiger charge is -2.01. The highest BCUT2D eigenvalue weighted by Gasteiger charge is 2.15. The molecule has 3 aromatic heterocycles. The highest BCUT2D eigenvalue weighted by atomic mass is 32.2. The van der Waals surface area contributed by atoms with Gasteiger partial charge in [-0.2, -0.15) is 5.21 Å². The Labute approximate surface area is 137 Å². The van der Waals surface area contributed by atoms with Crippen molar-refractivity contribution in [1.29, 1.82) is 0 Å². The predicted octanol–water partition coefficient (Wildman–Crippen LogP) is 0.663. The molecule has 4 rings (SSSR count). The van der Waals surface area contributed by atoms with E-state index >= 15 is 0 Å². The molecule has 1 amide bonds. The number of aromatic nitrogens is 7. The van der Waals surface area contributed by atoms with E-state index in [1.807, 2.05) is 12.3 Å². The van der Waals surface area contributed by atoms with Crippen LogP contribution in [0.25, 0.3) is 16.6 Å². The van der Waals surface area contributed by atoms with Crippen LogP contribution in [-0.2, 0) is 0 Å². The Hall–Kier alpha value is -3.21. The minimum Gasteiger partial charge on any atom is -0.286 e. The number of carbonyl (C=O) groups excluding carboxylic acids is 1. The first-order chi connectivity index (χ1) is 11.7. The van der Waals surface area contributed by atoms with Crippen LogP contribution in [0.2, 0.25) is 0 Å². The molecule has 3 heterocycles. The third-order valence-electron chi connectivity index (χ3n) is 3.42. The summed E-state index contributed by atoms with van der Waals surface area (Å²) in [6.07, 6.45) is 1.93. The van der Waals surface area contributed by atoms with Gasteiger partial charge in [0.05, 0.1) is 10.9 Å². The highest BCUT2D eigenvalue weighted by molar-refractivity contribution is 7.98. The molecule has 0 saturated heterocycles. The minimum atomic E-state index is -0.504. The molecule has 24 heavy (non-hydrogen) atoms. The van der Waals surface area contributed by atoms with Crippen LogP contribution in [0, 0.1) is 0 Å². The van der Waals surface area contributed by atoms with Gasteiger partial charge in [-0.25, -0.2) is 9.50 Å². The van der Waals surface area contributed by atoms with Crippen molar-refractivity contribution in [2.75, 3.05) is 11.6 Å². The number of nitrogens with one attached hydrogen (secondary N) is 3. The zero-order valence-electron chi connectivity index (χ0n) is 12.3. The number of thioether (sulfide) groups is 1. The molecule has 0 fully saturated rings. The first kappa shape index (κ1) is 14.4. The summed E-state index contributed by atoms with van der Waals surface area (Å²) in [7, 11) is 0. The van der Waals surface area contributed by atoms with E-state index in [-0.39, 0.29) is 17.2 Å². The van der Waals surface area contributed by atoms with Gasteiger partial charge in [-0.1, -0.05) is 5.10 Å². The molecule has 4 aromatic rings. The molecule has 0 aliphatic carbocycles. The largest absolute Gasteiger partial charge is 0.286 e. The van der Waals surface area contributed by atoms with Crippen LogP contribution in [0.15, 0.2) is 34.0 Å². The second-order valence-corrected chi connectivity index (χ2v) is 5.73. The zero-order chi connectivity index (χ0) is 16.7. The first-order valence-corrected chi connectivity index (χ1v) is 8.02. The van der Waals surface area contributed by atoms with Gasteiger partial charge in [-0.05, 0) is 29.7 Å². The van der Waals surface area contributed by atoms with E-state index in [0.717, 1.165) is 4.90 Å². The van der Waals surface area contributed by atoms with Crippen LogP contribution >= 0.6 is 11.8 Å². The first-order valence-electron chi connectivity index (χ1n) is 6.80. The second kappa shape index (κ2) is 5.45. The van der Waals surface area contributed by atoms with Crippen molar-refractivity contribution in [3.8, 4) is 0 Å². The molecule has 0 bridgehead atoms. The standard InChI is InChI=1S/C13H10N8O2S/c1-24-6-2-3-8-7(4-6)12(23)21-10(14-8)5-9(18-21)11(22)15-13-16-19-20-17-13/h2-5,18H,1H3,(H2,15,16,17,19,20,22). The van der Waals surface area contributed by atoms with Crippen molar-refractivity contribution >= 4 is 40.2 Å². The molecule has 0 unspecified atom stereocenters. The number of tetrazole rings is 1. The van der Waals surface area contributed by atoms with Crippen molar-refractivity contribution < 1.29 is 4.79 Å². The van der Waals surface area contributed by atoms with Crippen molar-refractivity contribution in [3.63, 3.8) is 0 Å². The number of hydrogen-bond acceptors (Lipinski definition) is 7. The van der Waals surface area contributed by atoms with Crippen LogP contribution in [0.3, 0.4) is 0 Å².